The van der Waals surface area contributed by atoms with Crippen molar-refractivity contribution in [2.75, 3.05) is 0 Å². The molecule has 1 fully saturated rings. The second-order valence-corrected chi connectivity index (χ2v) is 4.96. The van der Waals surface area contributed by atoms with Crippen LogP contribution in [0.5, 0.6) is 0 Å². The highest BCUT2D eigenvalue weighted by molar-refractivity contribution is 6.21. The third kappa shape index (κ3) is 1.28. The zero-order chi connectivity index (χ0) is 8.86. The van der Waals surface area contributed by atoms with Crippen molar-refractivity contribution in [3.05, 3.63) is 0 Å². The van der Waals surface area contributed by atoms with Gasteiger partial charge in [-0.15, -0.1) is 21.9 Å². The van der Waals surface area contributed by atoms with E-state index in [2.05, 4.69) is 0 Å². The molecule has 1 radical (unpaired) electrons. The molecule has 1 heterocycles. The Morgan fingerprint density at radius 2 is 1.82 bits per heavy atom. The molecule has 0 aliphatic carbocycles. The maximum absolute atomic E-state index is 11.6. The maximum Gasteiger partial charge on any atom is 0.0607 e. The molecule has 1 unspecified atom stereocenters. The van der Waals surface area contributed by atoms with Crippen molar-refractivity contribution in [2.45, 2.75) is 50.6 Å². The predicted molar refractivity (Wildman–Crippen MR) is 44.9 cm³/mol. The van der Waals surface area contributed by atoms with Crippen LogP contribution in [-0.2, 0) is 5.21 Å². The van der Waals surface area contributed by atoms with Crippen LogP contribution in [0.3, 0.4) is 0 Å². The minimum Gasteiger partial charge on any atom is -0.142 e. The van der Waals surface area contributed by atoms with Crippen molar-refractivity contribution >= 4 is 11.6 Å². The number of halogens is 1. The fourth-order valence-corrected chi connectivity index (χ4v) is 2.14. The van der Waals surface area contributed by atoms with Gasteiger partial charge in [-0.1, -0.05) is 0 Å². The Bertz CT molecular complexity index is 167. The molecule has 0 bridgehead atoms. The van der Waals surface area contributed by atoms with Crippen LogP contribution in [0, 0.1) is 0 Å². The molecule has 0 aromatic heterocycles. The minimum atomic E-state index is -0.412. The van der Waals surface area contributed by atoms with Crippen LogP contribution in [0.2, 0.25) is 0 Å². The summed E-state index contributed by atoms with van der Waals surface area (Å²) in [6.45, 7) is 7.66. The molecular formula is C8H15ClNO. The summed E-state index contributed by atoms with van der Waals surface area (Å²) in [5, 5.41) is 12.7. The maximum atomic E-state index is 11.6. The first kappa shape index (κ1) is 9.30. The van der Waals surface area contributed by atoms with E-state index >= 15 is 0 Å². The Morgan fingerprint density at radius 3 is 1.91 bits per heavy atom. The van der Waals surface area contributed by atoms with Gasteiger partial charge in [-0.25, -0.2) is 0 Å². The number of hydrogen-bond acceptors (Lipinski definition) is 1. The quantitative estimate of drug-likeness (QED) is 0.519. The molecule has 1 aliphatic rings. The van der Waals surface area contributed by atoms with E-state index in [9.17, 15) is 5.21 Å². The van der Waals surface area contributed by atoms with Gasteiger partial charge in [0, 0.05) is 5.54 Å². The van der Waals surface area contributed by atoms with Crippen LogP contribution in [0.1, 0.15) is 34.1 Å². The van der Waals surface area contributed by atoms with Crippen LogP contribution in [-0.4, -0.2) is 21.5 Å². The third-order valence-electron chi connectivity index (χ3n) is 2.52. The molecule has 2 nitrogen and oxygen atoms in total. The highest BCUT2D eigenvalue weighted by Gasteiger charge is 2.51. The molecule has 0 saturated carbocycles. The summed E-state index contributed by atoms with van der Waals surface area (Å²) in [6.07, 6.45) is 0.769. The molecule has 1 atom stereocenters. The Kier molecular flexibility index (Phi) is 1.98. The van der Waals surface area contributed by atoms with Gasteiger partial charge in [-0.2, -0.15) is 0 Å². The molecule has 3 heteroatoms. The molecule has 11 heavy (non-hydrogen) atoms. The van der Waals surface area contributed by atoms with Gasteiger partial charge in [-0.3, -0.25) is 0 Å². The van der Waals surface area contributed by atoms with Gasteiger partial charge in [0.2, 0.25) is 0 Å². The lowest BCUT2D eigenvalue weighted by atomic mass is 10.0. The highest BCUT2D eigenvalue weighted by atomic mass is 35.5. The zero-order valence-electron chi connectivity index (χ0n) is 7.52. The summed E-state index contributed by atoms with van der Waals surface area (Å²) >= 11 is 6.04. The largest absolute Gasteiger partial charge is 0.142 e. The number of hydroxylamine groups is 2. The van der Waals surface area contributed by atoms with Gasteiger partial charge in [0.25, 0.3) is 0 Å². The average Bonchev–Trinajstić information content (AvgIpc) is 1.94. The van der Waals surface area contributed by atoms with E-state index in [0.717, 1.165) is 11.5 Å². The van der Waals surface area contributed by atoms with Gasteiger partial charge in [0.15, 0.2) is 0 Å². The van der Waals surface area contributed by atoms with E-state index in [1.54, 1.807) is 0 Å². The SMILES string of the molecule is CC1(C)CC(Cl)C(C)(C)N1[O]. The zero-order valence-corrected chi connectivity index (χ0v) is 8.27. The summed E-state index contributed by atoms with van der Waals surface area (Å²) < 4.78 is 0. The van der Waals surface area contributed by atoms with E-state index < -0.39 is 5.54 Å². The normalized spacial score (nSPS) is 36.0. The Labute approximate surface area is 73.1 Å². The molecule has 0 N–H and O–H groups in total. The standard InChI is InChI=1S/C8H15ClNO/c1-7(2)5-6(9)8(3,4)10(7)11/h6H,5H2,1-4H3. The molecule has 0 aromatic rings. The molecule has 0 aromatic carbocycles. The van der Waals surface area contributed by atoms with E-state index in [4.69, 9.17) is 11.6 Å². The molecule has 1 saturated heterocycles. The Morgan fingerprint density at radius 1 is 1.36 bits per heavy atom. The van der Waals surface area contributed by atoms with Gasteiger partial charge < -0.3 is 0 Å². The van der Waals surface area contributed by atoms with Gasteiger partial charge in [0.1, 0.15) is 0 Å². The van der Waals surface area contributed by atoms with Crippen LogP contribution in [0.25, 0.3) is 0 Å². The summed E-state index contributed by atoms with van der Waals surface area (Å²) in [6, 6.07) is 0. The lowest BCUT2D eigenvalue weighted by Gasteiger charge is -2.32. The Balaban J connectivity index is 2.89. The Hall–Kier alpha value is 0.210. The summed E-state index contributed by atoms with van der Waals surface area (Å²) in [7, 11) is 0. The average molecular weight is 177 g/mol. The number of nitrogens with zero attached hydrogens (tertiary/aromatic N) is 1. The van der Waals surface area contributed by atoms with Crippen molar-refractivity contribution in [1.29, 1.82) is 0 Å². The topological polar surface area (TPSA) is 23.1 Å². The smallest absolute Gasteiger partial charge is 0.0607 e. The lowest BCUT2D eigenvalue weighted by Crippen LogP contribution is -2.46. The molecular weight excluding hydrogens is 162 g/mol. The van der Waals surface area contributed by atoms with Gasteiger partial charge >= 0.3 is 0 Å². The van der Waals surface area contributed by atoms with Gasteiger partial charge in [0.05, 0.1) is 10.9 Å². The minimum absolute atomic E-state index is 0.0324. The lowest BCUT2D eigenvalue weighted by molar-refractivity contribution is -0.243. The van der Waals surface area contributed by atoms with Crippen molar-refractivity contribution in [3.8, 4) is 0 Å². The highest BCUT2D eigenvalue weighted by Crippen LogP contribution is 2.42. The predicted octanol–water partition coefficient (Wildman–Crippen LogP) is 2.20. The second-order valence-electron chi connectivity index (χ2n) is 4.43. The third-order valence-corrected chi connectivity index (χ3v) is 3.21. The van der Waals surface area contributed by atoms with Crippen LogP contribution < -0.4 is 0 Å². The van der Waals surface area contributed by atoms with E-state index in [0.29, 0.717) is 0 Å². The van der Waals surface area contributed by atoms with Crippen LogP contribution in [0.4, 0.5) is 0 Å². The second kappa shape index (κ2) is 2.35. The van der Waals surface area contributed by atoms with Crippen LogP contribution in [0.15, 0.2) is 0 Å². The number of alkyl halides is 1. The first-order chi connectivity index (χ1) is 4.78. The van der Waals surface area contributed by atoms with Crippen LogP contribution >= 0.6 is 11.6 Å². The first-order valence-electron chi connectivity index (χ1n) is 3.90. The first-order valence-corrected chi connectivity index (χ1v) is 4.33. The fourth-order valence-electron chi connectivity index (χ4n) is 1.68. The summed E-state index contributed by atoms with van der Waals surface area (Å²) in [5.41, 5.74) is -0.707. The van der Waals surface area contributed by atoms with E-state index in [1.165, 1.54) is 0 Å². The number of rotatable bonds is 0. The monoisotopic (exact) mass is 176 g/mol. The molecule has 1 rings (SSSR count). The van der Waals surface area contributed by atoms with Crippen molar-refractivity contribution in [1.82, 2.24) is 5.06 Å². The van der Waals surface area contributed by atoms with E-state index in [-0.39, 0.29) is 10.9 Å². The van der Waals surface area contributed by atoms with Crippen molar-refractivity contribution < 1.29 is 5.21 Å². The van der Waals surface area contributed by atoms with Crippen molar-refractivity contribution in [3.63, 3.8) is 0 Å². The van der Waals surface area contributed by atoms with Gasteiger partial charge in [-0.05, 0) is 34.1 Å². The molecule has 0 spiro atoms. The summed E-state index contributed by atoms with van der Waals surface area (Å²) in [4.78, 5) is 0. The fraction of sp³-hybridized carbons (Fsp3) is 1.00. The van der Waals surface area contributed by atoms with E-state index in [1.807, 2.05) is 27.7 Å². The molecule has 0 amide bonds. The molecule has 65 valence electrons. The summed E-state index contributed by atoms with van der Waals surface area (Å²) in [5.74, 6) is 0. The number of hydrogen-bond donors (Lipinski definition) is 0. The molecule has 1 aliphatic heterocycles. The van der Waals surface area contributed by atoms with Crippen molar-refractivity contribution in [2.24, 2.45) is 0 Å².